The van der Waals surface area contributed by atoms with Crippen molar-refractivity contribution in [2.45, 2.75) is 6.92 Å². The molecule has 0 amide bonds. The van der Waals surface area contributed by atoms with E-state index < -0.39 is 4.92 Å². The summed E-state index contributed by atoms with van der Waals surface area (Å²) in [5, 5.41) is 11.8. The molecule has 2 rings (SSSR count). The number of ketones is 1. The van der Waals surface area contributed by atoms with E-state index in [1.807, 2.05) is 0 Å². The van der Waals surface area contributed by atoms with Gasteiger partial charge in [-0.15, -0.1) is 0 Å². The van der Waals surface area contributed by atoms with E-state index in [4.69, 9.17) is 23.2 Å². The summed E-state index contributed by atoms with van der Waals surface area (Å²) in [6.45, 7) is 1.62. The number of hydrogen-bond acceptors (Lipinski definition) is 3. The number of rotatable bonds is 4. The Morgan fingerprint density at radius 3 is 2.41 bits per heavy atom. The van der Waals surface area contributed by atoms with Gasteiger partial charge in [0, 0.05) is 32.8 Å². The number of hydrogen-bond donors (Lipinski definition) is 0. The summed E-state index contributed by atoms with van der Waals surface area (Å²) in [5.74, 6) is -0.362. The van der Waals surface area contributed by atoms with Gasteiger partial charge in [-0.3, -0.25) is 14.9 Å². The van der Waals surface area contributed by atoms with Crippen molar-refractivity contribution in [1.82, 2.24) is 0 Å². The minimum atomic E-state index is -0.513. The van der Waals surface area contributed by atoms with E-state index in [2.05, 4.69) is 0 Å². The molecule has 0 spiro atoms. The standard InChI is InChI=1S/C16H11Cl2NO3/c1-10-5-6-11(9-15(10)19(21)22)16(20)8-7-12-13(17)3-2-4-14(12)18/h2-9H,1H3/b8-7+. The van der Waals surface area contributed by atoms with Crippen LogP contribution in [0.1, 0.15) is 21.5 Å². The Labute approximate surface area is 137 Å². The molecule has 0 atom stereocenters. The van der Waals surface area contributed by atoms with Gasteiger partial charge in [0.15, 0.2) is 5.78 Å². The molecule has 0 heterocycles. The van der Waals surface area contributed by atoms with Crippen LogP contribution in [-0.2, 0) is 0 Å². The zero-order valence-electron chi connectivity index (χ0n) is 11.5. The summed E-state index contributed by atoms with van der Waals surface area (Å²) in [4.78, 5) is 22.5. The Kier molecular flexibility index (Phi) is 4.96. The normalized spacial score (nSPS) is 10.9. The molecule has 0 aliphatic rings. The van der Waals surface area contributed by atoms with Gasteiger partial charge in [0.2, 0.25) is 0 Å². The molecule has 6 heteroatoms. The van der Waals surface area contributed by atoms with Crippen LogP contribution in [0.4, 0.5) is 5.69 Å². The van der Waals surface area contributed by atoms with Crippen LogP contribution in [-0.4, -0.2) is 10.7 Å². The summed E-state index contributed by atoms with van der Waals surface area (Å²) >= 11 is 12.0. The van der Waals surface area contributed by atoms with Crippen molar-refractivity contribution in [3.63, 3.8) is 0 Å². The fourth-order valence-electron chi connectivity index (χ4n) is 1.88. The monoisotopic (exact) mass is 335 g/mol. The second-order valence-electron chi connectivity index (χ2n) is 4.59. The molecule has 0 radical (unpaired) electrons. The minimum Gasteiger partial charge on any atom is -0.289 e. The molecule has 0 aliphatic heterocycles. The molecule has 22 heavy (non-hydrogen) atoms. The first-order chi connectivity index (χ1) is 10.4. The number of carbonyl (C=O) groups is 1. The minimum absolute atomic E-state index is 0.0879. The van der Waals surface area contributed by atoms with Crippen molar-refractivity contribution >= 4 is 40.7 Å². The van der Waals surface area contributed by atoms with Crippen molar-refractivity contribution in [3.05, 3.63) is 79.3 Å². The Morgan fingerprint density at radius 1 is 1.18 bits per heavy atom. The third-order valence-corrected chi connectivity index (χ3v) is 3.75. The van der Waals surface area contributed by atoms with Crippen molar-refractivity contribution in [2.24, 2.45) is 0 Å². The lowest BCUT2D eigenvalue weighted by Gasteiger charge is -2.02. The fourth-order valence-corrected chi connectivity index (χ4v) is 2.41. The van der Waals surface area contributed by atoms with Gasteiger partial charge in [-0.2, -0.15) is 0 Å². The third kappa shape index (κ3) is 3.53. The molecule has 0 saturated carbocycles. The van der Waals surface area contributed by atoms with Crippen molar-refractivity contribution < 1.29 is 9.72 Å². The van der Waals surface area contributed by atoms with Crippen LogP contribution in [0, 0.1) is 17.0 Å². The summed E-state index contributed by atoms with van der Waals surface area (Å²) in [7, 11) is 0. The molecule has 0 aromatic heterocycles. The summed E-state index contributed by atoms with van der Waals surface area (Å²) in [6, 6.07) is 9.37. The zero-order chi connectivity index (χ0) is 16.3. The number of aryl methyl sites for hydroxylation is 1. The van der Waals surface area contributed by atoms with E-state index in [-0.39, 0.29) is 17.0 Å². The molecule has 0 bridgehead atoms. The highest BCUT2D eigenvalue weighted by molar-refractivity contribution is 6.37. The maximum absolute atomic E-state index is 12.1. The van der Waals surface area contributed by atoms with Gasteiger partial charge < -0.3 is 0 Å². The van der Waals surface area contributed by atoms with Crippen molar-refractivity contribution in [3.8, 4) is 0 Å². The quantitative estimate of drug-likeness (QED) is 0.337. The SMILES string of the molecule is Cc1ccc(C(=O)/C=C/c2c(Cl)cccc2Cl)cc1[N+](=O)[O-]. The van der Waals surface area contributed by atoms with Crippen LogP contribution >= 0.6 is 23.2 Å². The van der Waals surface area contributed by atoms with Crippen molar-refractivity contribution in [2.75, 3.05) is 0 Å². The van der Waals surface area contributed by atoms with Gasteiger partial charge in [-0.25, -0.2) is 0 Å². The molecular formula is C16H11Cl2NO3. The highest BCUT2D eigenvalue weighted by Gasteiger charge is 2.13. The fraction of sp³-hybridized carbons (Fsp3) is 0.0625. The first kappa shape index (κ1) is 16.2. The Hall–Kier alpha value is -2.17. The largest absolute Gasteiger partial charge is 0.289 e. The Bertz CT molecular complexity index is 765. The zero-order valence-corrected chi connectivity index (χ0v) is 13.1. The summed E-state index contributed by atoms with van der Waals surface area (Å²) < 4.78 is 0. The molecule has 0 unspecified atom stereocenters. The van der Waals surface area contributed by atoms with Crippen LogP contribution in [0.3, 0.4) is 0 Å². The summed E-state index contributed by atoms with van der Waals surface area (Å²) in [5.41, 5.74) is 1.17. The second-order valence-corrected chi connectivity index (χ2v) is 5.41. The van der Waals surface area contributed by atoms with E-state index in [9.17, 15) is 14.9 Å². The van der Waals surface area contributed by atoms with Gasteiger partial charge in [0.25, 0.3) is 5.69 Å². The molecular weight excluding hydrogens is 325 g/mol. The molecule has 0 aliphatic carbocycles. The second kappa shape index (κ2) is 6.73. The Morgan fingerprint density at radius 2 is 1.82 bits per heavy atom. The van der Waals surface area contributed by atoms with E-state index in [1.54, 1.807) is 37.3 Å². The number of nitrogens with zero attached hydrogens (tertiary/aromatic N) is 1. The Balaban J connectivity index is 2.32. The van der Waals surface area contributed by atoms with Gasteiger partial charge in [0.1, 0.15) is 0 Å². The molecule has 2 aromatic rings. The summed E-state index contributed by atoms with van der Waals surface area (Å²) in [6.07, 6.45) is 2.79. The van der Waals surface area contributed by atoms with E-state index in [1.165, 1.54) is 18.2 Å². The van der Waals surface area contributed by atoms with Gasteiger partial charge in [-0.1, -0.05) is 41.4 Å². The average molecular weight is 336 g/mol. The van der Waals surface area contributed by atoms with E-state index in [0.717, 1.165) is 0 Å². The van der Waals surface area contributed by atoms with Crippen molar-refractivity contribution in [1.29, 1.82) is 0 Å². The van der Waals surface area contributed by atoms with Gasteiger partial charge >= 0.3 is 0 Å². The number of benzene rings is 2. The van der Waals surface area contributed by atoms with Crippen LogP contribution in [0.25, 0.3) is 6.08 Å². The molecule has 112 valence electrons. The predicted octanol–water partition coefficient (Wildman–Crippen LogP) is 5.11. The number of nitro benzene ring substituents is 1. The third-order valence-electron chi connectivity index (χ3n) is 3.09. The average Bonchev–Trinajstić information content (AvgIpc) is 2.46. The first-order valence-electron chi connectivity index (χ1n) is 6.31. The molecule has 0 saturated heterocycles. The predicted molar refractivity (Wildman–Crippen MR) is 87.7 cm³/mol. The lowest BCUT2D eigenvalue weighted by Crippen LogP contribution is -1.98. The lowest BCUT2D eigenvalue weighted by molar-refractivity contribution is -0.385. The van der Waals surface area contributed by atoms with Crippen LogP contribution in [0.5, 0.6) is 0 Å². The van der Waals surface area contributed by atoms with Crippen LogP contribution < -0.4 is 0 Å². The maximum Gasteiger partial charge on any atom is 0.273 e. The van der Waals surface area contributed by atoms with Crippen LogP contribution in [0.2, 0.25) is 10.0 Å². The maximum atomic E-state index is 12.1. The topological polar surface area (TPSA) is 60.2 Å². The first-order valence-corrected chi connectivity index (χ1v) is 7.07. The smallest absolute Gasteiger partial charge is 0.273 e. The van der Waals surface area contributed by atoms with Crippen LogP contribution in [0.15, 0.2) is 42.5 Å². The van der Waals surface area contributed by atoms with E-state index in [0.29, 0.717) is 21.2 Å². The number of carbonyl (C=O) groups excluding carboxylic acids is 1. The highest BCUT2D eigenvalue weighted by Crippen LogP contribution is 2.26. The number of nitro groups is 1. The van der Waals surface area contributed by atoms with Gasteiger partial charge in [0.05, 0.1) is 4.92 Å². The molecule has 0 N–H and O–H groups in total. The number of allylic oxidation sites excluding steroid dienone is 1. The molecule has 2 aromatic carbocycles. The molecule has 0 fully saturated rings. The lowest BCUT2D eigenvalue weighted by atomic mass is 10.1. The van der Waals surface area contributed by atoms with E-state index >= 15 is 0 Å². The van der Waals surface area contributed by atoms with Gasteiger partial charge in [-0.05, 0) is 31.2 Å². The number of halogens is 2. The highest BCUT2D eigenvalue weighted by atomic mass is 35.5. The molecule has 4 nitrogen and oxygen atoms in total.